The predicted molar refractivity (Wildman–Crippen MR) is 97.0 cm³/mol. The number of H-pyrrole nitrogens is 1. The number of pyridine rings is 1. The van der Waals surface area contributed by atoms with E-state index in [2.05, 4.69) is 4.98 Å². The Labute approximate surface area is 148 Å². The second-order valence-corrected chi connectivity index (χ2v) is 5.84. The highest BCUT2D eigenvalue weighted by Gasteiger charge is 2.13. The van der Waals surface area contributed by atoms with E-state index in [4.69, 9.17) is 21.6 Å². The zero-order valence-corrected chi connectivity index (χ0v) is 14.3. The van der Waals surface area contributed by atoms with Crippen molar-refractivity contribution in [2.75, 3.05) is 19.1 Å². The van der Waals surface area contributed by atoms with Crippen LogP contribution in [0, 0.1) is 11.3 Å². The number of hydrogen-bond acceptors (Lipinski definition) is 5. The Hall–Kier alpha value is -3.17. The molecule has 0 atom stereocenters. The van der Waals surface area contributed by atoms with Crippen molar-refractivity contribution in [1.29, 1.82) is 5.26 Å². The molecule has 25 heavy (non-hydrogen) atoms. The van der Waals surface area contributed by atoms with Crippen LogP contribution in [-0.2, 0) is 0 Å². The number of ether oxygens (including phenoxy) is 1. The summed E-state index contributed by atoms with van der Waals surface area (Å²) in [4.78, 5) is 16.8. The number of phenolic OH excluding ortho intramolecular Hbond substituents is 1. The zero-order chi connectivity index (χ0) is 18.1. The number of halogens is 1. The number of rotatable bonds is 3. The summed E-state index contributed by atoms with van der Waals surface area (Å²) in [6, 6.07) is 11.8. The van der Waals surface area contributed by atoms with Crippen LogP contribution in [0.4, 0.5) is 11.4 Å². The first-order valence-electron chi connectivity index (χ1n) is 7.32. The Bertz CT molecular complexity index is 1070. The van der Waals surface area contributed by atoms with Crippen LogP contribution in [0.3, 0.4) is 0 Å². The molecule has 6 nitrogen and oxygen atoms in total. The second kappa shape index (κ2) is 6.38. The molecule has 0 saturated heterocycles. The zero-order valence-electron chi connectivity index (χ0n) is 13.5. The highest BCUT2D eigenvalue weighted by molar-refractivity contribution is 6.32. The number of aromatic hydroxyl groups is 1. The monoisotopic (exact) mass is 355 g/mol. The number of benzene rings is 2. The SMILES string of the molecule is COc1cc(N(C)c2cc3cc(Cl)c(O)cc3[nH]c2=O)ccc1C#N. The lowest BCUT2D eigenvalue weighted by atomic mass is 10.1. The van der Waals surface area contributed by atoms with Gasteiger partial charge in [0, 0.05) is 30.3 Å². The van der Waals surface area contributed by atoms with Gasteiger partial charge < -0.3 is 19.7 Å². The number of nitrogens with zero attached hydrogens (tertiary/aromatic N) is 2. The van der Waals surface area contributed by atoms with E-state index in [1.165, 1.54) is 13.2 Å². The van der Waals surface area contributed by atoms with E-state index in [0.717, 1.165) is 0 Å². The van der Waals surface area contributed by atoms with Crippen LogP contribution in [0.5, 0.6) is 11.5 Å². The minimum atomic E-state index is -0.319. The van der Waals surface area contributed by atoms with Gasteiger partial charge in [0.05, 0.1) is 23.2 Å². The molecule has 0 radical (unpaired) electrons. The van der Waals surface area contributed by atoms with Gasteiger partial charge in [0.15, 0.2) is 0 Å². The van der Waals surface area contributed by atoms with Gasteiger partial charge in [-0.25, -0.2) is 0 Å². The molecular formula is C18H14ClN3O3. The molecule has 0 bridgehead atoms. The lowest BCUT2D eigenvalue weighted by molar-refractivity contribution is 0.413. The molecule has 3 rings (SSSR count). The van der Waals surface area contributed by atoms with Gasteiger partial charge in [0.2, 0.25) is 0 Å². The smallest absolute Gasteiger partial charge is 0.272 e. The van der Waals surface area contributed by atoms with E-state index in [1.807, 2.05) is 6.07 Å². The van der Waals surface area contributed by atoms with Crippen LogP contribution >= 0.6 is 11.6 Å². The number of aromatic amines is 1. The molecule has 0 amide bonds. The van der Waals surface area contributed by atoms with Gasteiger partial charge in [-0.05, 0) is 24.3 Å². The van der Waals surface area contributed by atoms with Gasteiger partial charge in [-0.15, -0.1) is 0 Å². The number of nitriles is 1. The van der Waals surface area contributed by atoms with E-state index < -0.39 is 0 Å². The summed E-state index contributed by atoms with van der Waals surface area (Å²) in [5.41, 5.74) is 1.66. The Balaban J connectivity index is 2.12. The van der Waals surface area contributed by atoms with Crippen molar-refractivity contribution in [1.82, 2.24) is 4.98 Å². The summed E-state index contributed by atoms with van der Waals surface area (Å²) in [5.74, 6) is 0.333. The molecule has 1 heterocycles. The Morgan fingerprint density at radius 2 is 2.04 bits per heavy atom. The van der Waals surface area contributed by atoms with E-state index >= 15 is 0 Å². The highest BCUT2D eigenvalue weighted by Crippen LogP contribution is 2.31. The van der Waals surface area contributed by atoms with Crippen LogP contribution in [0.25, 0.3) is 10.9 Å². The van der Waals surface area contributed by atoms with Gasteiger partial charge >= 0.3 is 0 Å². The van der Waals surface area contributed by atoms with Crippen molar-refractivity contribution in [3.8, 4) is 17.6 Å². The van der Waals surface area contributed by atoms with Crippen LogP contribution < -0.4 is 15.2 Å². The average molecular weight is 356 g/mol. The molecule has 0 spiro atoms. The maximum absolute atomic E-state index is 12.4. The number of aromatic nitrogens is 1. The predicted octanol–water partition coefficient (Wildman–Crippen LogP) is 3.54. The van der Waals surface area contributed by atoms with Crippen molar-refractivity contribution in [3.05, 3.63) is 57.3 Å². The molecular weight excluding hydrogens is 342 g/mol. The Morgan fingerprint density at radius 3 is 2.72 bits per heavy atom. The maximum Gasteiger partial charge on any atom is 0.272 e. The van der Waals surface area contributed by atoms with Crippen molar-refractivity contribution in [3.63, 3.8) is 0 Å². The van der Waals surface area contributed by atoms with Crippen molar-refractivity contribution < 1.29 is 9.84 Å². The van der Waals surface area contributed by atoms with E-state index in [1.54, 1.807) is 42.3 Å². The molecule has 0 aliphatic carbocycles. The summed E-state index contributed by atoms with van der Waals surface area (Å²) in [5, 5.41) is 19.6. The normalized spacial score (nSPS) is 10.5. The molecule has 0 saturated carbocycles. The minimum absolute atomic E-state index is 0.0947. The third-order valence-electron chi connectivity index (χ3n) is 3.95. The fraction of sp³-hybridized carbons (Fsp3) is 0.111. The van der Waals surface area contributed by atoms with Crippen LogP contribution in [0.2, 0.25) is 5.02 Å². The van der Waals surface area contributed by atoms with Crippen molar-refractivity contribution >= 4 is 33.9 Å². The molecule has 0 unspecified atom stereocenters. The van der Waals surface area contributed by atoms with Gasteiger partial charge in [-0.1, -0.05) is 11.6 Å². The number of nitrogens with one attached hydrogen (secondary N) is 1. The molecule has 0 aliphatic heterocycles. The van der Waals surface area contributed by atoms with Crippen LogP contribution in [-0.4, -0.2) is 24.2 Å². The summed E-state index contributed by atoms with van der Waals surface area (Å²) in [7, 11) is 3.22. The minimum Gasteiger partial charge on any atom is -0.506 e. The summed E-state index contributed by atoms with van der Waals surface area (Å²) in [6.07, 6.45) is 0. The first-order valence-corrected chi connectivity index (χ1v) is 7.70. The third-order valence-corrected chi connectivity index (χ3v) is 4.25. The van der Waals surface area contributed by atoms with Crippen molar-refractivity contribution in [2.24, 2.45) is 0 Å². The summed E-state index contributed by atoms with van der Waals surface area (Å²) < 4.78 is 5.21. The largest absolute Gasteiger partial charge is 0.506 e. The molecule has 2 aromatic carbocycles. The summed E-state index contributed by atoms with van der Waals surface area (Å²) in [6.45, 7) is 0. The van der Waals surface area contributed by atoms with E-state index in [-0.39, 0.29) is 16.3 Å². The molecule has 0 fully saturated rings. The number of phenols is 1. The number of hydrogen-bond donors (Lipinski definition) is 2. The molecule has 2 N–H and O–H groups in total. The second-order valence-electron chi connectivity index (χ2n) is 5.43. The number of anilines is 2. The number of methoxy groups -OCH3 is 1. The molecule has 1 aromatic heterocycles. The molecule has 126 valence electrons. The maximum atomic E-state index is 12.4. The average Bonchev–Trinajstić information content (AvgIpc) is 2.61. The fourth-order valence-corrected chi connectivity index (χ4v) is 2.75. The Morgan fingerprint density at radius 1 is 1.28 bits per heavy atom. The fourth-order valence-electron chi connectivity index (χ4n) is 2.57. The quantitative estimate of drug-likeness (QED) is 0.750. The van der Waals surface area contributed by atoms with E-state index in [0.29, 0.717) is 33.6 Å². The Kier molecular flexibility index (Phi) is 4.26. The summed E-state index contributed by atoms with van der Waals surface area (Å²) >= 11 is 5.95. The topological polar surface area (TPSA) is 89.3 Å². The first-order chi connectivity index (χ1) is 11.9. The van der Waals surface area contributed by atoms with Crippen LogP contribution in [0.1, 0.15) is 5.56 Å². The lowest BCUT2D eigenvalue weighted by Gasteiger charge is -2.20. The standard InChI is InChI=1S/C18H14ClN3O3/c1-22(12-4-3-10(9-20)17(7-12)25-2)15-6-11-5-13(19)16(23)8-14(11)21-18(15)24/h3-8,23H,1-2H3,(H,21,24). The van der Waals surface area contributed by atoms with Crippen LogP contribution in [0.15, 0.2) is 41.2 Å². The molecule has 7 heteroatoms. The first kappa shape index (κ1) is 16.7. The van der Waals surface area contributed by atoms with Gasteiger partial charge in [-0.3, -0.25) is 4.79 Å². The van der Waals surface area contributed by atoms with Gasteiger partial charge in [0.25, 0.3) is 5.56 Å². The lowest BCUT2D eigenvalue weighted by Crippen LogP contribution is -2.20. The highest BCUT2D eigenvalue weighted by atomic mass is 35.5. The number of fused-ring (bicyclic) bond motifs is 1. The van der Waals surface area contributed by atoms with E-state index in [9.17, 15) is 9.90 Å². The molecule has 0 aliphatic rings. The molecule has 3 aromatic rings. The van der Waals surface area contributed by atoms with Gasteiger partial charge in [0.1, 0.15) is 23.3 Å². The van der Waals surface area contributed by atoms with Gasteiger partial charge in [-0.2, -0.15) is 5.26 Å². The van der Waals surface area contributed by atoms with Crippen molar-refractivity contribution in [2.45, 2.75) is 0 Å². The third kappa shape index (κ3) is 2.97.